The number of aromatic nitrogens is 2. The summed E-state index contributed by atoms with van der Waals surface area (Å²) in [5, 5.41) is 7.75. The van der Waals surface area contributed by atoms with E-state index in [4.69, 9.17) is 0 Å². The standard InChI is InChI=1S/C14H18BrN3/c1-3-6-16-8-12-5-4-11(2)14(7-12)18-10-13(15)9-17-18/h4-5,7,9-10,16H,3,6,8H2,1-2H3. The molecule has 18 heavy (non-hydrogen) atoms. The van der Waals surface area contributed by atoms with Gasteiger partial charge in [-0.05, 0) is 53.0 Å². The van der Waals surface area contributed by atoms with E-state index in [0.29, 0.717) is 0 Å². The third-order valence-corrected chi connectivity index (χ3v) is 3.24. The highest BCUT2D eigenvalue weighted by molar-refractivity contribution is 9.10. The Morgan fingerprint density at radius 3 is 2.89 bits per heavy atom. The Morgan fingerprint density at radius 2 is 2.22 bits per heavy atom. The number of benzene rings is 1. The van der Waals surface area contributed by atoms with Crippen LogP contribution in [0.15, 0.2) is 35.1 Å². The zero-order chi connectivity index (χ0) is 13.0. The molecule has 2 aromatic rings. The van der Waals surface area contributed by atoms with Crippen LogP contribution in [0.5, 0.6) is 0 Å². The molecule has 96 valence electrons. The Labute approximate surface area is 116 Å². The Hall–Kier alpha value is -1.13. The summed E-state index contributed by atoms with van der Waals surface area (Å²) in [4.78, 5) is 0. The van der Waals surface area contributed by atoms with Gasteiger partial charge in [-0.25, -0.2) is 4.68 Å². The zero-order valence-electron chi connectivity index (χ0n) is 10.8. The minimum atomic E-state index is 0.906. The zero-order valence-corrected chi connectivity index (χ0v) is 12.4. The first-order valence-electron chi connectivity index (χ1n) is 6.21. The van der Waals surface area contributed by atoms with Crippen molar-refractivity contribution in [2.75, 3.05) is 6.54 Å². The number of nitrogens with zero attached hydrogens (tertiary/aromatic N) is 2. The van der Waals surface area contributed by atoms with Crippen LogP contribution in [0.1, 0.15) is 24.5 Å². The van der Waals surface area contributed by atoms with E-state index in [2.05, 4.69) is 58.4 Å². The highest BCUT2D eigenvalue weighted by Gasteiger charge is 2.04. The second-order valence-electron chi connectivity index (χ2n) is 4.40. The van der Waals surface area contributed by atoms with Gasteiger partial charge in [-0.2, -0.15) is 5.10 Å². The molecule has 4 heteroatoms. The molecule has 1 aromatic heterocycles. The van der Waals surface area contributed by atoms with Gasteiger partial charge in [0, 0.05) is 12.7 Å². The van der Waals surface area contributed by atoms with E-state index in [1.807, 2.05) is 10.9 Å². The van der Waals surface area contributed by atoms with Gasteiger partial charge in [0.15, 0.2) is 0 Å². The molecule has 0 bridgehead atoms. The van der Waals surface area contributed by atoms with Crippen molar-refractivity contribution in [1.82, 2.24) is 15.1 Å². The monoisotopic (exact) mass is 307 g/mol. The summed E-state index contributed by atoms with van der Waals surface area (Å²) in [6.07, 6.45) is 4.94. The summed E-state index contributed by atoms with van der Waals surface area (Å²) in [5.74, 6) is 0. The lowest BCUT2D eigenvalue weighted by molar-refractivity contribution is 0.674. The van der Waals surface area contributed by atoms with Crippen molar-refractivity contribution in [3.8, 4) is 5.69 Å². The summed E-state index contributed by atoms with van der Waals surface area (Å²) >= 11 is 3.43. The van der Waals surface area contributed by atoms with Gasteiger partial charge in [0.25, 0.3) is 0 Å². The molecule has 3 nitrogen and oxygen atoms in total. The average molecular weight is 308 g/mol. The van der Waals surface area contributed by atoms with E-state index < -0.39 is 0 Å². The molecule has 1 heterocycles. The molecule has 0 unspecified atom stereocenters. The van der Waals surface area contributed by atoms with E-state index in [9.17, 15) is 0 Å². The minimum absolute atomic E-state index is 0.906. The predicted molar refractivity (Wildman–Crippen MR) is 78.0 cm³/mol. The molecule has 0 aliphatic carbocycles. The number of rotatable bonds is 5. The number of aryl methyl sites for hydroxylation is 1. The van der Waals surface area contributed by atoms with Gasteiger partial charge < -0.3 is 5.32 Å². The molecular weight excluding hydrogens is 290 g/mol. The van der Waals surface area contributed by atoms with Crippen LogP contribution in [0.3, 0.4) is 0 Å². The fourth-order valence-corrected chi connectivity index (χ4v) is 2.14. The minimum Gasteiger partial charge on any atom is -0.313 e. The normalized spacial score (nSPS) is 10.8. The number of halogens is 1. The SMILES string of the molecule is CCCNCc1ccc(C)c(-n2cc(Br)cn2)c1. The summed E-state index contributed by atoms with van der Waals surface area (Å²) in [5.41, 5.74) is 3.65. The molecule has 0 amide bonds. The molecule has 0 fully saturated rings. The highest BCUT2D eigenvalue weighted by Crippen LogP contribution is 2.18. The van der Waals surface area contributed by atoms with Crippen LogP contribution >= 0.6 is 15.9 Å². The second kappa shape index (κ2) is 6.16. The number of hydrogen-bond donors (Lipinski definition) is 1. The van der Waals surface area contributed by atoms with E-state index in [-0.39, 0.29) is 0 Å². The quantitative estimate of drug-likeness (QED) is 0.858. The lowest BCUT2D eigenvalue weighted by Gasteiger charge is -2.09. The fraction of sp³-hybridized carbons (Fsp3) is 0.357. The van der Waals surface area contributed by atoms with E-state index >= 15 is 0 Å². The van der Waals surface area contributed by atoms with Crippen molar-refractivity contribution in [2.24, 2.45) is 0 Å². The van der Waals surface area contributed by atoms with Crippen LogP contribution in [-0.2, 0) is 6.54 Å². The summed E-state index contributed by atoms with van der Waals surface area (Å²) < 4.78 is 2.90. The van der Waals surface area contributed by atoms with Crippen molar-refractivity contribution >= 4 is 15.9 Å². The van der Waals surface area contributed by atoms with Gasteiger partial charge in [-0.3, -0.25) is 0 Å². The highest BCUT2D eigenvalue weighted by atomic mass is 79.9. The molecule has 0 saturated heterocycles. The van der Waals surface area contributed by atoms with Crippen molar-refractivity contribution in [3.05, 3.63) is 46.2 Å². The average Bonchev–Trinajstić information content (AvgIpc) is 2.78. The third kappa shape index (κ3) is 3.21. The van der Waals surface area contributed by atoms with Gasteiger partial charge in [0.2, 0.25) is 0 Å². The van der Waals surface area contributed by atoms with Crippen LogP contribution < -0.4 is 5.32 Å². The maximum atomic E-state index is 4.33. The van der Waals surface area contributed by atoms with E-state index in [1.54, 1.807) is 6.20 Å². The number of nitrogens with one attached hydrogen (secondary N) is 1. The topological polar surface area (TPSA) is 29.9 Å². The predicted octanol–water partition coefficient (Wildman–Crippen LogP) is 3.44. The maximum Gasteiger partial charge on any atom is 0.0678 e. The molecule has 2 rings (SSSR count). The summed E-state index contributed by atoms with van der Waals surface area (Å²) in [6, 6.07) is 6.51. The maximum absolute atomic E-state index is 4.33. The fourth-order valence-electron chi connectivity index (χ4n) is 1.85. The van der Waals surface area contributed by atoms with Crippen molar-refractivity contribution in [2.45, 2.75) is 26.8 Å². The molecule has 1 N–H and O–H groups in total. The van der Waals surface area contributed by atoms with Gasteiger partial charge in [0.1, 0.15) is 0 Å². The molecular formula is C14H18BrN3. The van der Waals surface area contributed by atoms with Gasteiger partial charge in [-0.1, -0.05) is 19.1 Å². The van der Waals surface area contributed by atoms with Crippen LogP contribution in [0.2, 0.25) is 0 Å². The Morgan fingerprint density at radius 1 is 1.39 bits per heavy atom. The molecule has 0 aliphatic heterocycles. The van der Waals surface area contributed by atoms with Crippen LogP contribution in [0, 0.1) is 6.92 Å². The Kier molecular flexibility index (Phi) is 4.55. The molecule has 1 aromatic carbocycles. The van der Waals surface area contributed by atoms with Crippen molar-refractivity contribution < 1.29 is 0 Å². The second-order valence-corrected chi connectivity index (χ2v) is 5.32. The first-order chi connectivity index (χ1) is 8.70. The van der Waals surface area contributed by atoms with Crippen LogP contribution in [0.4, 0.5) is 0 Å². The molecule has 0 atom stereocenters. The van der Waals surface area contributed by atoms with Crippen molar-refractivity contribution in [3.63, 3.8) is 0 Å². The Balaban J connectivity index is 2.21. The third-order valence-electron chi connectivity index (χ3n) is 2.83. The van der Waals surface area contributed by atoms with Crippen LogP contribution in [0.25, 0.3) is 5.69 Å². The van der Waals surface area contributed by atoms with Gasteiger partial charge >= 0.3 is 0 Å². The Bertz CT molecular complexity index is 520. The lowest BCUT2D eigenvalue weighted by atomic mass is 10.1. The van der Waals surface area contributed by atoms with Gasteiger partial charge in [0.05, 0.1) is 16.4 Å². The summed E-state index contributed by atoms with van der Waals surface area (Å²) in [7, 11) is 0. The molecule has 0 radical (unpaired) electrons. The van der Waals surface area contributed by atoms with Gasteiger partial charge in [-0.15, -0.1) is 0 Å². The van der Waals surface area contributed by atoms with Crippen LogP contribution in [-0.4, -0.2) is 16.3 Å². The van der Waals surface area contributed by atoms with Crippen molar-refractivity contribution in [1.29, 1.82) is 0 Å². The number of hydrogen-bond acceptors (Lipinski definition) is 2. The molecule has 0 saturated carbocycles. The van der Waals surface area contributed by atoms with E-state index in [0.717, 1.165) is 29.7 Å². The smallest absolute Gasteiger partial charge is 0.0678 e. The van der Waals surface area contributed by atoms with E-state index in [1.165, 1.54) is 11.1 Å². The molecule has 0 aliphatic rings. The first kappa shape index (κ1) is 13.3. The molecule has 0 spiro atoms. The lowest BCUT2D eigenvalue weighted by Crippen LogP contribution is -2.14. The largest absolute Gasteiger partial charge is 0.313 e. The first-order valence-corrected chi connectivity index (χ1v) is 7.01. The summed E-state index contributed by atoms with van der Waals surface area (Å²) in [6.45, 7) is 6.24.